The normalized spacial score (nSPS) is 18.1. The maximum Gasteiger partial charge on any atom is 0.295 e. The number of carbonyl (C=O) groups is 2. The monoisotopic (exact) mass is 423 g/mol. The number of Topliss-reactive ketones (excluding diaryl/α,β-unsaturated/α-hetero) is 1. The Labute approximate surface area is 183 Å². The van der Waals surface area contributed by atoms with E-state index in [0.29, 0.717) is 24.4 Å². The molecule has 164 valence electrons. The van der Waals surface area contributed by atoms with E-state index in [-0.39, 0.29) is 11.3 Å². The summed E-state index contributed by atoms with van der Waals surface area (Å²) in [6, 6.07) is 8.09. The third kappa shape index (κ3) is 4.46. The van der Waals surface area contributed by atoms with Gasteiger partial charge in [-0.25, -0.2) is 0 Å². The quantitative estimate of drug-likeness (QED) is 0.399. The van der Waals surface area contributed by atoms with E-state index >= 15 is 0 Å². The van der Waals surface area contributed by atoms with Gasteiger partial charge in [0.1, 0.15) is 11.5 Å². The molecule has 0 bridgehead atoms. The van der Waals surface area contributed by atoms with Gasteiger partial charge >= 0.3 is 0 Å². The molecule has 0 aliphatic carbocycles. The van der Waals surface area contributed by atoms with Crippen LogP contribution in [-0.4, -0.2) is 64.9 Å². The molecule has 0 saturated carbocycles. The first-order valence-electron chi connectivity index (χ1n) is 10.5. The summed E-state index contributed by atoms with van der Waals surface area (Å²) in [6.07, 6.45) is 3.25. The third-order valence-electron chi connectivity index (χ3n) is 5.80. The Hall–Kier alpha value is -3.19. The second kappa shape index (κ2) is 9.75. The van der Waals surface area contributed by atoms with Crippen molar-refractivity contribution >= 4 is 17.4 Å². The van der Waals surface area contributed by atoms with E-state index in [1.54, 1.807) is 54.7 Å². The fourth-order valence-electron chi connectivity index (χ4n) is 3.97. The Kier molecular flexibility index (Phi) is 7.07. The summed E-state index contributed by atoms with van der Waals surface area (Å²) in [5.41, 5.74) is 2.09. The lowest BCUT2D eigenvalue weighted by Crippen LogP contribution is -2.38. The first-order valence-corrected chi connectivity index (χ1v) is 10.5. The highest BCUT2D eigenvalue weighted by Gasteiger charge is 2.46. The molecule has 1 saturated heterocycles. The molecule has 1 aliphatic heterocycles. The zero-order valence-electron chi connectivity index (χ0n) is 18.5. The van der Waals surface area contributed by atoms with E-state index < -0.39 is 17.7 Å². The van der Waals surface area contributed by atoms with Gasteiger partial charge in [-0.15, -0.1) is 0 Å². The van der Waals surface area contributed by atoms with Gasteiger partial charge in [0.25, 0.3) is 11.7 Å². The Balaban J connectivity index is 2.10. The fourth-order valence-corrected chi connectivity index (χ4v) is 3.97. The molecule has 1 aromatic carbocycles. The maximum atomic E-state index is 13.1. The minimum absolute atomic E-state index is 0.101. The Bertz CT molecular complexity index is 984. The molecular weight excluding hydrogens is 394 g/mol. The number of aromatic nitrogens is 1. The highest BCUT2D eigenvalue weighted by molar-refractivity contribution is 6.46. The highest BCUT2D eigenvalue weighted by atomic mass is 16.5. The number of likely N-dealkylation sites (N-methyl/N-ethyl adjacent to an activating group) is 1. The van der Waals surface area contributed by atoms with Crippen molar-refractivity contribution in [2.45, 2.75) is 26.8 Å². The predicted molar refractivity (Wildman–Crippen MR) is 119 cm³/mol. The molecule has 1 aromatic heterocycles. The molecule has 0 unspecified atom stereocenters. The number of nitrogens with zero attached hydrogens (tertiary/aromatic N) is 3. The smallest absolute Gasteiger partial charge is 0.295 e. The number of aliphatic hydroxyl groups is 1. The van der Waals surface area contributed by atoms with E-state index in [2.05, 4.69) is 23.7 Å². The van der Waals surface area contributed by atoms with Crippen molar-refractivity contribution in [2.75, 3.05) is 33.3 Å². The first kappa shape index (κ1) is 22.5. The summed E-state index contributed by atoms with van der Waals surface area (Å²) in [5.74, 6) is -0.791. The molecule has 1 aliphatic rings. The van der Waals surface area contributed by atoms with Gasteiger partial charge in [-0.3, -0.25) is 14.6 Å². The van der Waals surface area contributed by atoms with Gasteiger partial charge in [0, 0.05) is 31.0 Å². The van der Waals surface area contributed by atoms with Crippen LogP contribution < -0.4 is 4.74 Å². The van der Waals surface area contributed by atoms with E-state index in [4.69, 9.17) is 4.74 Å². The van der Waals surface area contributed by atoms with Crippen LogP contribution in [0, 0.1) is 6.92 Å². The number of aryl methyl sites for hydroxylation is 1. The van der Waals surface area contributed by atoms with Crippen molar-refractivity contribution in [1.82, 2.24) is 14.8 Å². The Morgan fingerprint density at radius 1 is 1.16 bits per heavy atom. The van der Waals surface area contributed by atoms with Gasteiger partial charge in [-0.2, -0.15) is 0 Å². The van der Waals surface area contributed by atoms with Crippen LogP contribution >= 0.6 is 0 Å². The van der Waals surface area contributed by atoms with Crippen LogP contribution in [0.25, 0.3) is 5.76 Å². The second-order valence-corrected chi connectivity index (χ2v) is 7.48. The number of ether oxygens (including phenoxy) is 1. The molecule has 1 atom stereocenters. The number of benzene rings is 1. The second-order valence-electron chi connectivity index (χ2n) is 7.48. The number of carbonyl (C=O) groups excluding carboxylic acids is 2. The van der Waals surface area contributed by atoms with Gasteiger partial charge in [-0.1, -0.05) is 13.8 Å². The lowest BCUT2D eigenvalue weighted by molar-refractivity contribution is -0.140. The van der Waals surface area contributed by atoms with E-state index in [0.717, 1.165) is 24.2 Å². The maximum absolute atomic E-state index is 13.1. The van der Waals surface area contributed by atoms with Crippen LogP contribution in [0.4, 0.5) is 0 Å². The number of hydrogen-bond donors (Lipinski definition) is 1. The fraction of sp³-hybridized carbons (Fsp3) is 0.375. The summed E-state index contributed by atoms with van der Waals surface area (Å²) in [6.45, 7) is 8.68. The van der Waals surface area contributed by atoms with E-state index in [9.17, 15) is 14.7 Å². The van der Waals surface area contributed by atoms with Crippen LogP contribution in [0.2, 0.25) is 0 Å². The number of rotatable bonds is 8. The summed E-state index contributed by atoms with van der Waals surface area (Å²) in [5, 5.41) is 11.2. The zero-order chi connectivity index (χ0) is 22.5. The molecule has 7 nitrogen and oxygen atoms in total. The molecule has 2 heterocycles. The number of likely N-dealkylation sites (tertiary alicyclic amines) is 1. The number of hydrogen-bond acceptors (Lipinski definition) is 6. The number of aliphatic hydroxyl groups excluding tert-OH is 1. The molecular formula is C24H29N3O4. The van der Waals surface area contributed by atoms with Crippen molar-refractivity contribution < 1.29 is 19.4 Å². The Morgan fingerprint density at radius 3 is 2.42 bits per heavy atom. The molecule has 1 N–H and O–H groups in total. The number of pyridine rings is 1. The molecule has 1 amide bonds. The average Bonchev–Trinajstić information content (AvgIpc) is 3.04. The largest absolute Gasteiger partial charge is 0.507 e. The van der Waals surface area contributed by atoms with E-state index in [1.165, 1.54) is 0 Å². The highest BCUT2D eigenvalue weighted by Crippen LogP contribution is 2.39. The molecule has 1 fully saturated rings. The standard InChI is InChI=1S/C24H29N3O4/c1-5-26(6-2)13-14-27-21(17-9-11-25-12-10-17)20(23(29)24(27)30)22(28)19-8-7-18(31-4)15-16(19)3/h7-12,15,21,28H,5-6,13-14H2,1-4H3/b22-20+/t21-/m1/s1. The minimum atomic E-state index is -0.672. The van der Waals surface area contributed by atoms with E-state index in [1.807, 2.05) is 6.92 Å². The lowest BCUT2D eigenvalue weighted by Gasteiger charge is -2.28. The van der Waals surface area contributed by atoms with Crippen LogP contribution in [0.3, 0.4) is 0 Å². The van der Waals surface area contributed by atoms with Crippen LogP contribution in [0.1, 0.15) is 36.6 Å². The van der Waals surface area contributed by atoms with Crippen molar-refractivity contribution in [3.05, 3.63) is 65.0 Å². The lowest BCUT2D eigenvalue weighted by atomic mass is 9.94. The van der Waals surface area contributed by atoms with Crippen molar-refractivity contribution in [3.63, 3.8) is 0 Å². The molecule has 31 heavy (non-hydrogen) atoms. The molecule has 0 spiro atoms. The van der Waals surface area contributed by atoms with Crippen molar-refractivity contribution in [3.8, 4) is 5.75 Å². The number of ketones is 1. The minimum Gasteiger partial charge on any atom is -0.507 e. The van der Waals surface area contributed by atoms with Gasteiger partial charge in [-0.05, 0) is 61.5 Å². The van der Waals surface area contributed by atoms with Crippen LogP contribution in [0.5, 0.6) is 5.75 Å². The van der Waals surface area contributed by atoms with Crippen LogP contribution in [0.15, 0.2) is 48.3 Å². The number of amides is 1. The average molecular weight is 424 g/mol. The van der Waals surface area contributed by atoms with Crippen molar-refractivity contribution in [2.24, 2.45) is 0 Å². The molecule has 2 aromatic rings. The summed E-state index contributed by atoms with van der Waals surface area (Å²) < 4.78 is 5.24. The summed E-state index contributed by atoms with van der Waals surface area (Å²) in [7, 11) is 1.57. The van der Waals surface area contributed by atoms with Gasteiger partial charge in [0.05, 0.1) is 18.7 Å². The van der Waals surface area contributed by atoms with Crippen molar-refractivity contribution in [1.29, 1.82) is 0 Å². The summed E-state index contributed by atoms with van der Waals surface area (Å²) >= 11 is 0. The predicted octanol–water partition coefficient (Wildman–Crippen LogP) is 3.16. The summed E-state index contributed by atoms with van der Waals surface area (Å²) in [4.78, 5) is 33.9. The first-order chi connectivity index (χ1) is 14.9. The SMILES string of the molecule is CCN(CC)CCN1C(=O)C(=O)/C(=C(/O)c2ccc(OC)cc2C)[C@H]1c1ccncc1. The number of methoxy groups -OCH3 is 1. The topological polar surface area (TPSA) is 83.0 Å². The molecule has 0 radical (unpaired) electrons. The molecule has 7 heteroatoms. The van der Waals surface area contributed by atoms with Gasteiger partial charge < -0.3 is 19.6 Å². The Morgan fingerprint density at radius 2 is 1.84 bits per heavy atom. The van der Waals surface area contributed by atoms with Gasteiger partial charge in [0.15, 0.2) is 0 Å². The third-order valence-corrected chi connectivity index (χ3v) is 5.80. The van der Waals surface area contributed by atoms with Crippen LogP contribution in [-0.2, 0) is 9.59 Å². The zero-order valence-corrected chi connectivity index (χ0v) is 18.5. The van der Waals surface area contributed by atoms with Gasteiger partial charge in [0.2, 0.25) is 0 Å². The molecule has 3 rings (SSSR count).